The molecule has 0 N–H and O–H groups in total. The van der Waals surface area contributed by atoms with Crippen molar-refractivity contribution in [3.05, 3.63) is 41.1 Å². The first-order chi connectivity index (χ1) is 7.81. The number of hydrogen-bond acceptors (Lipinski definition) is 1. The number of halogens is 1. The Morgan fingerprint density at radius 1 is 1.19 bits per heavy atom. The molecule has 0 aliphatic carbocycles. The molecule has 0 amide bonds. The number of hydrogen-bond donors (Lipinski definition) is 0. The van der Waals surface area contributed by atoms with E-state index in [0.29, 0.717) is 0 Å². The molecule has 1 aromatic carbocycles. The minimum atomic E-state index is 0.873. The van der Waals surface area contributed by atoms with Crippen LogP contribution in [0, 0.1) is 6.92 Å². The van der Waals surface area contributed by atoms with Crippen LogP contribution in [0.3, 0.4) is 0 Å². The van der Waals surface area contributed by atoms with Crippen LogP contribution in [0.15, 0.2) is 24.3 Å². The molecule has 0 spiro atoms. The second-order valence-corrected chi connectivity index (χ2v) is 5.60. The van der Waals surface area contributed by atoms with Gasteiger partial charge in [0, 0.05) is 20.0 Å². The molecule has 0 nitrogen and oxygen atoms in total. The Kier molecular flexibility index (Phi) is 4.25. The quantitative estimate of drug-likeness (QED) is 0.617. The van der Waals surface area contributed by atoms with E-state index in [-0.39, 0.29) is 0 Å². The summed E-state index contributed by atoms with van der Waals surface area (Å²) in [6.45, 7) is 3.86. The van der Waals surface area contributed by atoms with E-state index in [0.717, 1.165) is 11.4 Å². The normalized spacial score (nSPS) is 11.1. The van der Waals surface area contributed by atoms with E-state index in [1.807, 2.05) is 23.5 Å². The van der Waals surface area contributed by atoms with Crippen molar-refractivity contribution >= 4 is 33.0 Å². The lowest BCUT2D eigenvalue weighted by Crippen LogP contribution is -1.80. The van der Waals surface area contributed by atoms with E-state index in [9.17, 15) is 0 Å². The maximum absolute atomic E-state index is 6.15. The van der Waals surface area contributed by atoms with Crippen LogP contribution in [0.4, 0.5) is 0 Å². The minimum Gasteiger partial charge on any atom is -0.140 e. The van der Waals surface area contributed by atoms with Crippen molar-refractivity contribution in [2.75, 3.05) is 0 Å². The summed E-state index contributed by atoms with van der Waals surface area (Å²) in [5.74, 6) is 0. The predicted octanol–water partition coefficient (Wildman–Crippen LogP) is 5.49. The first-order valence-electron chi connectivity index (χ1n) is 5.77. The summed E-state index contributed by atoms with van der Waals surface area (Å²) < 4.78 is 1.31. The van der Waals surface area contributed by atoms with Gasteiger partial charge in [0.2, 0.25) is 0 Å². The summed E-state index contributed by atoms with van der Waals surface area (Å²) in [5.41, 5.74) is 0. The van der Waals surface area contributed by atoms with Crippen molar-refractivity contribution in [3.63, 3.8) is 0 Å². The minimum absolute atomic E-state index is 0.873. The van der Waals surface area contributed by atoms with Gasteiger partial charge < -0.3 is 0 Å². The van der Waals surface area contributed by atoms with Gasteiger partial charge in [0.1, 0.15) is 0 Å². The zero-order valence-corrected chi connectivity index (χ0v) is 10.9. The monoisotopic (exact) mass is 251 g/mol. The average Bonchev–Trinajstić information content (AvgIpc) is 2.69. The fourth-order valence-corrected chi connectivity index (χ4v) is 3.27. The average molecular weight is 252 g/mol. The number of fused-ring (bicyclic) bond motifs is 1. The molecule has 1 radical (unpaired) electrons. The number of aryl methyl sites for hydroxylation is 1. The largest absolute Gasteiger partial charge is 0.140 e. The second kappa shape index (κ2) is 5.70. The topological polar surface area (TPSA) is 0 Å². The maximum atomic E-state index is 6.15. The summed E-state index contributed by atoms with van der Waals surface area (Å²) in [6.07, 6.45) is 6.02. The van der Waals surface area contributed by atoms with Crippen LogP contribution in [-0.2, 0) is 6.42 Å². The third-order valence-corrected chi connectivity index (χ3v) is 4.22. The third-order valence-electron chi connectivity index (χ3n) is 2.73. The molecule has 1 aromatic heterocycles. The molecule has 0 bridgehead atoms. The Bertz CT molecular complexity index is 459. The van der Waals surface area contributed by atoms with Gasteiger partial charge in [0.25, 0.3) is 0 Å². The van der Waals surface area contributed by atoms with Crippen molar-refractivity contribution in [2.45, 2.75) is 32.1 Å². The fraction of sp³-hybridized carbons (Fsp3) is 0.357. The van der Waals surface area contributed by atoms with Crippen LogP contribution < -0.4 is 0 Å². The molecule has 16 heavy (non-hydrogen) atoms. The molecular weight excluding hydrogens is 236 g/mol. The first kappa shape index (κ1) is 11.9. The van der Waals surface area contributed by atoms with E-state index in [1.165, 1.54) is 40.6 Å². The molecule has 0 saturated carbocycles. The maximum Gasteiger partial charge on any atom is 0.0492 e. The number of benzene rings is 1. The summed E-state index contributed by atoms with van der Waals surface area (Å²) in [7, 11) is 0. The second-order valence-electron chi connectivity index (χ2n) is 4.03. The lowest BCUT2D eigenvalue weighted by Gasteiger charge is -1.96. The van der Waals surface area contributed by atoms with Gasteiger partial charge in [-0.05, 0) is 31.0 Å². The van der Waals surface area contributed by atoms with Crippen LogP contribution in [0.25, 0.3) is 10.1 Å². The van der Waals surface area contributed by atoms with E-state index in [1.54, 1.807) is 0 Å². The number of thiophene rings is 1. The van der Waals surface area contributed by atoms with E-state index in [2.05, 4.69) is 19.1 Å². The molecule has 0 unspecified atom stereocenters. The zero-order valence-electron chi connectivity index (χ0n) is 9.34. The van der Waals surface area contributed by atoms with Gasteiger partial charge in [-0.25, -0.2) is 0 Å². The highest BCUT2D eigenvalue weighted by Gasteiger charge is 2.04. The lowest BCUT2D eigenvalue weighted by molar-refractivity contribution is 0.690. The van der Waals surface area contributed by atoms with Gasteiger partial charge in [0.15, 0.2) is 0 Å². The van der Waals surface area contributed by atoms with Gasteiger partial charge in [0.05, 0.1) is 0 Å². The molecule has 0 fully saturated rings. The zero-order chi connectivity index (χ0) is 11.4. The highest BCUT2D eigenvalue weighted by Crippen LogP contribution is 2.31. The van der Waals surface area contributed by atoms with Crippen molar-refractivity contribution in [1.82, 2.24) is 0 Å². The molecule has 0 saturated heterocycles. The molecule has 2 rings (SSSR count). The van der Waals surface area contributed by atoms with Crippen LogP contribution in [0.1, 0.15) is 30.6 Å². The Hall–Kier alpha value is -0.530. The van der Waals surface area contributed by atoms with Gasteiger partial charge in [-0.3, -0.25) is 0 Å². The van der Waals surface area contributed by atoms with E-state index >= 15 is 0 Å². The predicted molar refractivity (Wildman–Crippen MR) is 74.4 cm³/mol. The lowest BCUT2D eigenvalue weighted by atomic mass is 10.1. The van der Waals surface area contributed by atoms with Gasteiger partial charge in [-0.15, -0.1) is 11.3 Å². The Morgan fingerprint density at radius 3 is 2.81 bits per heavy atom. The van der Waals surface area contributed by atoms with Crippen molar-refractivity contribution < 1.29 is 0 Å². The Morgan fingerprint density at radius 2 is 2.06 bits per heavy atom. The van der Waals surface area contributed by atoms with Crippen LogP contribution in [-0.4, -0.2) is 0 Å². The van der Waals surface area contributed by atoms with E-state index < -0.39 is 0 Å². The molecule has 2 aromatic rings. The molecule has 1 heterocycles. The summed E-state index contributed by atoms with van der Waals surface area (Å²) in [5, 5.41) is 2.08. The molecule has 0 atom stereocenters. The molecule has 2 heteroatoms. The van der Waals surface area contributed by atoms with Crippen LogP contribution in [0.2, 0.25) is 5.02 Å². The summed E-state index contributed by atoms with van der Waals surface area (Å²) in [6, 6.07) is 8.37. The van der Waals surface area contributed by atoms with Crippen molar-refractivity contribution in [2.24, 2.45) is 0 Å². The highest BCUT2D eigenvalue weighted by molar-refractivity contribution is 7.19. The molecule has 0 aliphatic rings. The highest BCUT2D eigenvalue weighted by atomic mass is 35.5. The van der Waals surface area contributed by atoms with Crippen LogP contribution >= 0.6 is 22.9 Å². The molecule has 0 aliphatic heterocycles. The Balaban J connectivity index is 2.05. The van der Waals surface area contributed by atoms with Crippen LogP contribution in [0.5, 0.6) is 0 Å². The summed E-state index contributed by atoms with van der Waals surface area (Å²) >= 11 is 8.02. The van der Waals surface area contributed by atoms with Crippen molar-refractivity contribution in [1.29, 1.82) is 0 Å². The fourth-order valence-electron chi connectivity index (χ4n) is 1.85. The number of rotatable bonds is 5. The van der Waals surface area contributed by atoms with Gasteiger partial charge in [-0.1, -0.05) is 43.9 Å². The van der Waals surface area contributed by atoms with Crippen molar-refractivity contribution in [3.8, 4) is 0 Å². The van der Waals surface area contributed by atoms with E-state index in [4.69, 9.17) is 11.6 Å². The molecular formula is C14H16ClS. The van der Waals surface area contributed by atoms with Gasteiger partial charge >= 0.3 is 0 Å². The molecule has 85 valence electrons. The summed E-state index contributed by atoms with van der Waals surface area (Å²) in [4.78, 5) is 1.45. The standard InChI is InChI=1S/C14H16ClS/c1-2-3-4-5-7-11-10-12-13(15)8-6-9-14(12)16-11/h6,8-10H,1-5,7H2. The SMILES string of the molecule is [CH2]CCCCCc1cc2c(Cl)cccc2s1. The number of unbranched alkanes of at least 4 members (excludes halogenated alkanes) is 3. The third kappa shape index (κ3) is 2.78. The first-order valence-corrected chi connectivity index (χ1v) is 6.97. The van der Waals surface area contributed by atoms with Gasteiger partial charge in [-0.2, -0.15) is 0 Å². The Labute approximate surface area is 106 Å². The smallest absolute Gasteiger partial charge is 0.0492 e.